The molecule has 1 aromatic rings. The standard InChI is InChI=1S/C7H9N2O.CH4.Y/c1-5-4-8-9-6(2)7(5)10-3;;/h1-3H3;1H4;/q-1;;. The van der Waals surface area contributed by atoms with E-state index in [1.54, 1.807) is 7.11 Å². The van der Waals surface area contributed by atoms with Crippen molar-refractivity contribution in [2.45, 2.75) is 21.3 Å². The molecule has 1 aromatic heterocycles. The van der Waals surface area contributed by atoms with Gasteiger partial charge in [-0.25, -0.2) is 0 Å². The van der Waals surface area contributed by atoms with Crippen molar-refractivity contribution in [2.24, 2.45) is 0 Å². The molecule has 1 rings (SSSR count). The smallest absolute Gasteiger partial charge is 0.0533 e. The molecule has 0 bridgehead atoms. The van der Waals surface area contributed by atoms with Crippen LogP contribution in [0.4, 0.5) is 0 Å². The number of ether oxygens (including phenoxy) is 1. The van der Waals surface area contributed by atoms with Crippen molar-refractivity contribution < 1.29 is 37.4 Å². The largest absolute Gasteiger partial charge is 0.579 e. The van der Waals surface area contributed by atoms with Gasteiger partial charge in [0.25, 0.3) is 0 Å². The number of methoxy groups -OCH3 is 1. The SMILES string of the molecule is C.COc1c(C)[c-]nnc1C.[Y]. The van der Waals surface area contributed by atoms with Gasteiger partial charge >= 0.3 is 0 Å². The summed E-state index contributed by atoms with van der Waals surface area (Å²) >= 11 is 0. The Morgan fingerprint density at radius 2 is 1.92 bits per heavy atom. The van der Waals surface area contributed by atoms with E-state index >= 15 is 0 Å². The van der Waals surface area contributed by atoms with Crippen molar-refractivity contribution in [2.75, 3.05) is 7.11 Å². The van der Waals surface area contributed by atoms with E-state index in [1.165, 1.54) is 0 Å². The van der Waals surface area contributed by atoms with Gasteiger partial charge in [-0.1, -0.05) is 14.4 Å². The zero-order valence-electron chi connectivity index (χ0n) is 6.88. The maximum Gasteiger partial charge on any atom is 0.0533 e. The van der Waals surface area contributed by atoms with Crippen LogP contribution in [0.2, 0.25) is 0 Å². The minimum atomic E-state index is 0. The molecule has 0 saturated heterocycles. The molecule has 0 N–H and O–H groups in total. The number of aromatic nitrogens is 2. The fraction of sp³-hybridized carbons (Fsp3) is 0.500. The summed E-state index contributed by atoms with van der Waals surface area (Å²) in [5, 5.41) is 7.42. The zero-order valence-corrected chi connectivity index (χ0v) is 9.72. The normalized spacial score (nSPS) is 7.92. The topological polar surface area (TPSA) is 35.0 Å². The van der Waals surface area contributed by atoms with Gasteiger partial charge in [0.2, 0.25) is 0 Å². The van der Waals surface area contributed by atoms with E-state index in [2.05, 4.69) is 16.4 Å². The first-order valence-electron chi connectivity index (χ1n) is 3.01. The van der Waals surface area contributed by atoms with E-state index in [0.29, 0.717) is 0 Å². The molecule has 1 radical (unpaired) electrons. The molecule has 0 amide bonds. The van der Waals surface area contributed by atoms with Crippen LogP contribution in [0, 0.1) is 20.0 Å². The van der Waals surface area contributed by atoms with E-state index in [1.807, 2.05) is 13.8 Å². The van der Waals surface area contributed by atoms with E-state index in [-0.39, 0.29) is 40.1 Å². The van der Waals surface area contributed by atoms with Crippen LogP contribution in [-0.2, 0) is 32.7 Å². The Morgan fingerprint density at radius 3 is 2.25 bits per heavy atom. The fourth-order valence-corrected chi connectivity index (χ4v) is 0.843. The molecule has 0 unspecified atom stereocenters. The summed E-state index contributed by atoms with van der Waals surface area (Å²) in [6.07, 6.45) is 2.71. The van der Waals surface area contributed by atoms with Crippen molar-refractivity contribution in [1.29, 1.82) is 0 Å². The van der Waals surface area contributed by atoms with Gasteiger partial charge in [0.15, 0.2) is 0 Å². The molecule has 0 aliphatic rings. The molecule has 0 atom stereocenters. The summed E-state index contributed by atoms with van der Waals surface area (Å²) in [4.78, 5) is 0. The van der Waals surface area contributed by atoms with Crippen LogP contribution < -0.4 is 4.74 Å². The van der Waals surface area contributed by atoms with E-state index < -0.39 is 0 Å². The van der Waals surface area contributed by atoms with E-state index in [0.717, 1.165) is 17.0 Å². The predicted octanol–water partition coefficient (Wildman–Crippen LogP) is 1.54. The van der Waals surface area contributed by atoms with Crippen LogP contribution in [0.15, 0.2) is 0 Å². The minimum absolute atomic E-state index is 0. The molecule has 12 heavy (non-hydrogen) atoms. The van der Waals surface area contributed by atoms with Gasteiger partial charge < -0.3 is 4.74 Å². The molecule has 0 saturated carbocycles. The van der Waals surface area contributed by atoms with Crippen LogP contribution in [0.3, 0.4) is 0 Å². The Kier molecular flexibility index (Phi) is 7.85. The van der Waals surface area contributed by atoms with E-state index in [9.17, 15) is 0 Å². The van der Waals surface area contributed by atoms with Crippen LogP contribution in [-0.4, -0.2) is 17.3 Å². The van der Waals surface area contributed by atoms with Crippen molar-refractivity contribution in [1.82, 2.24) is 10.2 Å². The molecule has 3 nitrogen and oxygen atoms in total. The summed E-state index contributed by atoms with van der Waals surface area (Å²) in [6.45, 7) is 3.74. The number of nitrogens with zero attached hydrogens (tertiary/aromatic N) is 2. The molecular weight excluding hydrogens is 229 g/mol. The summed E-state index contributed by atoms with van der Waals surface area (Å²) in [5.41, 5.74) is 1.70. The Morgan fingerprint density at radius 1 is 1.33 bits per heavy atom. The molecular formula is C8H13N2OY-. The Bertz CT molecular complexity index is 220. The van der Waals surface area contributed by atoms with Crippen LogP contribution >= 0.6 is 0 Å². The Hall–Kier alpha value is -0.0161. The van der Waals surface area contributed by atoms with Gasteiger partial charge in [-0.05, 0) is 12.7 Å². The van der Waals surface area contributed by atoms with Gasteiger partial charge in [-0.2, -0.15) is 10.7 Å². The van der Waals surface area contributed by atoms with Crippen LogP contribution in [0.5, 0.6) is 5.75 Å². The zero-order chi connectivity index (χ0) is 7.56. The summed E-state index contributed by atoms with van der Waals surface area (Å²) < 4.78 is 5.04. The maximum atomic E-state index is 5.04. The number of rotatable bonds is 1. The average Bonchev–Trinajstić information content (AvgIpc) is 1.88. The number of aryl methyl sites for hydroxylation is 2. The first-order chi connectivity index (χ1) is 4.75. The summed E-state index contributed by atoms with van der Waals surface area (Å²) in [5.74, 6) is 0.773. The third kappa shape index (κ3) is 3.15. The Balaban J connectivity index is 0. The van der Waals surface area contributed by atoms with Gasteiger partial charge in [0, 0.05) is 38.4 Å². The second-order valence-electron chi connectivity index (χ2n) is 2.06. The second kappa shape index (κ2) is 6.49. The monoisotopic (exact) mass is 242 g/mol. The molecule has 0 aliphatic carbocycles. The summed E-state index contributed by atoms with van der Waals surface area (Å²) in [6, 6.07) is 0. The first kappa shape index (κ1) is 14.5. The first-order valence-corrected chi connectivity index (χ1v) is 3.01. The van der Waals surface area contributed by atoms with Crippen molar-refractivity contribution in [3.05, 3.63) is 17.5 Å². The summed E-state index contributed by atoms with van der Waals surface area (Å²) in [7, 11) is 1.62. The number of hydrogen-bond donors (Lipinski definition) is 0. The molecule has 0 aliphatic heterocycles. The minimum Gasteiger partial charge on any atom is -0.579 e. The van der Waals surface area contributed by atoms with Gasteiger partial charge in [-0.3, -0.25) is 5.10 Å². The fourth-order valence-electron chi connectivity index (χ4n) is 0.843. The van der Waals surface area contributed by atoms with Gasteiger partial charge in [0.1, 0.15) is 0 Å². The number of hydrogen-bond acceptors (Lipinski definition) is 3. The Labute approximate surface area is 98.8 Å². The second-order valence-corrected chi connectivity index (χ2v) is 2.06. The maximum absolute atomic E-state index is 5.04. The quantitative estimate of drug-likeness (QED) is 0.700. The molecule has 0 fully saturated rings. The molecule has 65 valence electrons. The van der Waals surface area contributed by atoms with Crippen molar-refractivity contribution >= 4 is 0 Å². The molecule has 0 spiro atoms. The molecule has 0 aromatic carbocycles. The van der Waals surface area contributed by atoms with Crippen LogP contribution in [0.1, 0.15) is 18.7 Å². The van der Waals surface area contributed by atoms with E-state index in [4.69, 9.17) is 4.74 Å². The van der Waals surface area contributed by atoms with Crippen LogP contribution in [0.25, 0.3) is 0 Å². The third-order valence-corrected chi connectivity index (χ3v) is 1.29. The third-order valence-electron chi connectivity index (χ3n) is 1.29. The predicted molar refractivity (Wildman–Crippen MR) is 43.6 cm³/mol. The average molecular weight is 242 g/mol. The molecule has 4 heteroatoms. The van der Waals surface area contributed by atoms with Gasteiger partial charge in [0.05, 0.1) is 7.11 Å². The van der Waals surface area contributed by atoms with Crippen molar-refractivity contribution in [3.63, 3.8) is 0 Å². The molecule has 1 heterocycles. The van der Waals surface area contributed by atoms with Crippen molar-refractivity contribution in [3.8, 4) is 5.75 Å². The van der Waals surface area contributed by atoms with Gasteiger partial charge in [-0.15, -0.1) is 6.20 Å².